The number of nitrogens with zero attached hydrogens (tertiary/aromatic N) is 1. The second-order valence-corrected chi connectivity index (χ2v) is 2.96. The molecule has 98 valence electrons. The fourth-order valence-corrected chi connectivity index (χ4v) is 0.813. The van der Waals surface area contributed by atoms with Crippen LogP contribution in [0.2, 0.25) is 0 Å². The minimum absolute atomic E-state index is 0.0671. The molecular weight excluding hydrogens is 242 g/mol. The van der Waals surface area contributed by atoms with Crippen molar-refractivity contribution in [1.82, 2.24) is 0 Å². The zero-order chi connectivity index (χ0) is 14.1. The van der Waals surface area contributed by atoms with E-state index < -0.39 is 11.9 Å². The van der Waals surface area contributed by atoms with Crippen molar-refractivity contribution < 1.29 is 24.9 Å². The highest BCUT2D eigenvalue weighted by Crippen LogP contribution is 2.14. The van der Waals surface area contributed by atoms with E-state index in [1.54, 1.807) is 12.1 Å². The van der Waals surface area contributed by atoms with E-state index >= 15 is 0 Å². The van der Waals surface area contributed by atoms with E-state index in [2.05, 4.69) is 4.99 Å². The van der Waals surface area contributed by atoms with Gasteiger partial charge in [0.25, 0.3) is 0 Å². The third-order valence-electron chi connectivity index (χ3n) is 1.53. The Kier molecular flexibility index (Phi) is 6.34. The molecule has 0 aliphatic carbocycles. The number of nitrogens with two attached hydrogens (primary N) is 2. The van der Waals surface area contributed by atoms with Crippen molar-refractivity contribution in [2.24, 2.45) is 16.5 Å². The van der Waals surface area contributed by atoms with Crippen LogP contribution in [0.25, 0.3) is 0 Å². The number of aliphatic carboxylic acids is 1. The number of aliphatic imine (C=N–C) groups is 1. The Morgan fingerprint density at radius 1 is 1.17 bits per heavy atom. The molecule has 1 rings (SSSR count). The number of phenols is 1. The third-order valence-corrected chi connectivity index (χ3v) is 1.53. The van der Waals surface area contributed by atoms with Crippen LogP contribution in [0, 0.1) is 0 Å². The number of para-hydroxylation sites is 1. The van der Waals surface area contributed by atoms with Crippen molar-refractivity contribution in [2.45, 2.75) is 0 Å². The maximum Gasteiger partial charge on any atom is 0.339 e. The number of aromatic carboxylic acids is 1. The molecule has 0 heterocycles. The van der Waals surface area contributed by atoms with Crippen LogP contribution in [-0.2, 0) is 4.79 Å². The van der Waals surface area contributed by atoms with E-state index in [4.69, 9.17) is 26.8 Å². The summed E-state index contributed by atoms with van der Waals surface area (Å²) < 4.78 is 0. The Labute approximate surface area is 102 Å². The standard InChI is InChI=1S/C7H6O3.C3H7N3O2/c8-6-4-2-1-3-5(6)7(9)10;4-3(5)6-1-2(7)8/h1-4,8H,(H,9,10);1H2,(H,7,8)(H4,4,5,6). The highest BCUT2D eigenvalue weighted by molar-refractivity contribution is 5.90. The highest BCUT2D eigenvalue weighted by atomic mass is 16.4. The molecular formula is C10H13N3O5. The van der Waals surface area contributed by atoms with E-state index in [9.17, 15) is 9.59 Å². The first-order valence-electron chi connectivity index (χ1n) is 4.63. The first-order valence-corrected chi connectivity index (χ1v) is 4.63. The van der Waals surface area contributed by atoms with E-state index in [1.165, 1.54) is 12.1 Å². The second kappa shape index (κ2) is 7.49. The van der Waals surface area contributed by atoms with Gasteiger partial charge < -0.3 is 26.8 Å². The Balaban J connectivity index is 0.000000331. The average molecular weight is 255 g/mol. The van der Waals surface area contributed by atoms with Gasteiger partial charge in [-0.25, -0.2) is 9.79 Å². The van der Waals surface area contributed by atoms with E-state index in [1.807, 2.05) is 0 Å². The predicted molar refractivity (Wildman–Crippen MR) is 63.4 cm³/mol. The van der Waals surface area contributed by atoms with Gasteiger partial charge in [-0.1, -0.05) is 12.1 Å². The molecule has 0 radical (unpaired) electrons. The monoisotopic (exact) mass is 255 g/mol. The molecule has 0 aliphatic rings. The third kappa shape index (κ3) is 6.67. The molecule has 8 nitrogen and oxygen atoms in total. The van der Waals surface area contributed by atoms with Gasteiger partial charge in [-0.05, 0) is 12.1 Å². The SMILES string of the molecule is NC(N)=NCC(=O)O.O=C(O)c1ccccc1O. The first kappa shape index (κ1) is 15.2. The van der Waals surface area contributed by atoms with Gasteiger partial charge in [0, 0.05) is 0 Å². The summed E-state index contributed by atoms with van der Waals surface area (Å²) in [4.78, 5) is 23.1. The van der Waals surface area contributed by atoms with Gasteiger partial charge in [-0.2, -0.15) is 0 Å². The summed E-state index contributed by atoms with van der Waals surface area (Å²) in [5, 5.41) is 25.2. The van der Waals surface area contributed by atoms with Gasteiger partial charge in [0.1, 0.15) is 17.9 Å². The van der Waals surface area contributed by atoms with Crippen molar-refractivity contribution in [3.8, 4) is 5.75 Å². The van der Waals surface area contributed by atoms with Gasteiger partial charge in [0.15, 0.2) is 5.96 Å². The van der Waals surface area contributed by atoms with Gasteiger partial charge in [-0.15, -0.1) is 0 Å². The van der Waals surface area contributed by atoms with Crippen LogP contribution in [0.15, 0.2) is 29.3 Å². The average Bonchev–Trinajstić information content (AvgIpc) is 2.27. The summed E-state index contributed by atoms with van der Waals surface area (Å²) in [5.41, 5.74) is 9.54. The maximum atomic E-state index is 10.3. The Hall–Kier alpha value is -2.77. The quantitative estimate of drug-likeness (QED) is 0.357. The van der Waals surface area contributed by atoms with Crippen molar-refractivity contribution in [1.29, 1.82) is 0 Å². The topological polar surface area (TPSA) is 159 Å². The molecule has 0 atom stereocenters. The lowest BCUT2D eigenvalue weighted by atomic mass is 10.2. The number of benzene rings is 1. The lowest BCUT2D eigenvalue weighted by Gasteiger charge is -1.95. The summed E-state index contributed by atoms with van der Waals surface area (Å²) in [7, 11) is 0. The van der Waals surface area contributed by atoms with Crippen LogP contribution in [0.1, 0.15) is 10.4 Å². The van der Waals surface area contributed by atoms with Crippen molar-refractivity contribution >= 4 is 17.9 Å². The molecule has 0 aliphatic heterocycles. The molecule has 0 saturated carbocycles. The normalized spacial score (nSPS) is 8.67. The lowest BCUT2D eigenvalue weighted by molar-refractivity contribution is -0.135. The number of carbonyl (C=O) groups is 2. The number of hydrogen-bond acceptors (Lipinski definition) is 4. The molecule has 0 fully saturated rings. The fourth-order valence-electron chi connectivity index (χ4n) is 0.813. The number of carboxylic acid groups (broad SMARTS) is 2. The minimum Gasteiger partial charge on any atom is -0.507 e. The molecule has 18 heavy (non-hydrogen) atoms. The molecule has 0 aromatic heterocycles. The van der Waals surface area contributed by atoms with Crippen LogP contribution >= 0.6 is 0 Å². The van der Waals surface area contributed by atoms with Crippen LogP contribution in [-0.4, -0.2) is 39.8 Å². The molecule has 0 spiro atoms. The smallest absolute Gasteiger partial charge is 0.339 e. The molecule has 1 aromatic rings. The van der Waals surface area contributed by atoms with Gasteiger partial charge in [-0.3, -0.25) is 4.79 Å². The molecule has 0 amide bonds. The molecule has 1 aromatic carbocycles. The molecule has 7 N–H and O–H groups in total. The highest BCUT2D eigenvalue weighted by Gasteiger charge is 2.05. The van der Waals surface area contributed by atoms with Crippen LogP contribution in [0.3, 0.4) is 0 Å². The zero-order valence-corrected chi connectivity index (χ0v) is 9.28. The Bertz CT molecular complexity index is 455. The number of rotatable bonds is 3. The predicted octanol–water partition coefficient (Wildman–Crippen LogP) is -0.565. The molecule has 0 bridgehead atoms. The Morgan fingerprint density at radius 2 is 1.72 bits per heavy atom. The van der Waals surface area contributed by atoms with Crippen LogP contribution < -0.4 is 11.5 Å². The van der Waals surface area contributed by atoms with Crippen molar-refractivity contribution in [3.63, 3.8) is 0 Å². The fraction of sp³-hybridized carbons (Fsp3) is 0.100. The number of hydrogen-bond donors (Lipinski definition) is 5. The van der Waals surface area contributed by atoms with Crippen molar-refractivity contribution in [3.05, 3.63) is 29.8 Å². The van der Waals surface area contributed by atoms with Crippen LogP contribution in [0.5, 0.6) is 5.75 Å². The summed E-state index contributed by atoms with van der Waals surface area (Å²) in [6, 6.07) is 5.81. The summed E-state index contributed by atoms with van der Waals surface area (Å²) in [5.74, 6) is -2.56. The molecule has 0 unspecified atom stereocenters. The summed E-state index contributed by atoms with van der Waals surface area (Å²) in [6.07, 6.45) is 0. The van der Waals surface area contributed by atoms with Crippen LogP contribution in [0.4, 0.5) is 0 Å². The Morgan fingerprint density at radius 3 is 2.00 bits per heavy atom. The number of aromatic hydroxyl groups is 1. The number of guanidine groups is 1. The minimum atomic E-state index is -1.11. The maximum absolute atomic E-state index is 10.3. The van der Waals surface area contributed by atoms with Gasteiger partial charge >= 0.3 is 11.9 Å². The second-order valence-electron chi connectivity index (χ2n) is 2.96. The first-order chi connectivity index (χ1) is 8.34. The van der Waals surface area contributed by atoms with E-state index in [0.29, 0.717) is 0 Å². The van der Waals surface area contributed by atoms with Gasteiger partial charge in [0.2, 0.25) is 0 Å². The van der Waals surface area contributed by atoms with E-state index in [-0.39, 0.29) is 23.8 Å². The van der Waals surface area contributed by atoms with Crippen molar-refractivity contribution in [2.75, 3.05) is 6.54 Å². The largest absolute Gasteiger partial charge is 0.507 e. The zero-order valence-electron chi connectivity index (χ0n) is 9.28. The summed E-state index contributed by atoms with van der Waals surface area (Å²) >= 11 is 0. The van der Waals surface area contributed by atoms with Gasteiger partial charge in [0.05, 0.1) is 0 Å². The van der Waals surface area contributed by atoms with E-state index in [0.717, 1.165) is 0 Å². The number of carboxylic acids is 2. The molecule has 0 saturated heterocycles. The summed E-state index contributed by atoms with van der Waals surface area (Å²) in [6.45, 7) is -0.359. The lowest BCUT2D eigenvalue weighted by Crippen LogP contribution is -2.24. The molecule has 8 heteroatoms.